The van der Waals surface area contributed by atoms with Crippen molar-refractivity contribution < 1.29 is 0 Å². The van der Waals surface area contributed by atoms with Crippen LogP contribution in [0.5, 0.6) is 0 Å². The molecule has 1 atom stereocenters. The average Bonchev–Trinajstić information content (AvgIpc) is 2.33. The van der Waals surface area contributed by atoms with E-state index in [1.54, 1.807) is 0 Å². The third kappa shape index (κ3) is 3.41. The molecule has 0 bridgehead atoms. The molecule has 2 rings (SSSR count). The van der Waals surface area contributed by atoms with Gasteiger partial charge in [0, 0.05) is 26.2 Å². The molecule has 18 heavy (non-hydrogen) atoms. The van der Waals surface area contributed by atoms with Crippen LogP contribution in [0.2, 0.25) is 10.0 Å². The van der Waals surface area contributed by atoms with Gasteiger partial charge in [-0.2, -0.15) is 0 Å². The monoisotopic (exact) mass is 343 g/mol. The topological polar surface area (TPSA) is 12.0 Å². The highest BCUT2D eigenvalue weighted by Crippen LogP contribution is 2.29. The van der Waals surface area contributed by atoms with Gasteiger partial charge in [-0.1, -0.05) is 35.3 Å². The highest BCUT2D eigenvalue weighted by atomic mass is 79.9. The van der Waals surface area contributed by atoms with Gasteiger partial charge in [-0.15, -0.1) is 0 Å². The van der Waals surface area contributed by atoms with Gasteiger partial charge in [-0.25, -0.2) is 0 Å². The van der Waals surface area contributed by atoms with Crippen LogP contribution in [0, 0.1) is 0 Å². The van der Waals surface area contributed by atoms with Gasteiger partial charge in [0.1, 0.15) is 0 Å². The highest BCUT2D eigenvalue weighted by Gasteiger charge is 2.07. The van der Waals surface area contributed by atoms with E-state index in [0.29, 0.717) is 5.02 Å². The Balaban J connectivity index is 2.15. The average molecular weight is 345 g/mol. The number of benzene rings is 2. The second kappa shape index (κ2) is 5.96. The van der Waals surface area contributed by atoms with Crippen LogP contribution in [0.25, 0.3) is 0 Å². The third-order valence-corrected chi connectivity index (χ3v) is 3.82. The van der Waals surface area contributed by atoms with Crippen molar-refractivity contribution in [2.45, 2.75) is 13.0 Å². The van der Waals surface area contributed by atoms with E-state index in [1.807, 2.05) is 42.5 Å². The van der Waals surface area contributed by atoms with Crippen LogP contribution in [0.3, 0.4) is 0 Å². The fraction of sp³-hybridized carbons (Fsp3) is 0.143. The van der Waals surface area contributed by atoms with E-state index < -0.39 is 0 Å². The van der Waals surface area contributed by atoms with Crippen molar-refractivity contribution in [2.24, 2.45) is 0 Å². The van der Waals surface area contributed by atoms with E-state index in [1.165, 1.54) is 5.56 Å². The smallest absolute Gasteiger partial charge is 0.0490 e. The Morgan fingerprint density at radius 3 is 2.22 bits per heavy atom. The number of anilines is 1. The summed E-state index contributed by atoms with van der Waals surface area (Å²) in [5.74, 6) is 0. The van der Waals surface area contributed by atoms with Gasteiger partial charge in [0.15, 0.2) is 0 Å². The van der Waals surface area contributed by atoms with Crippen molar-refractivity contribution in [3.63, 3.8) is 0 Å². The first-order chi connectivity index (χ1) is 8.56. The second-order valence-corrected chi connectivity index (χ2v) is 5.77. The number of hydrogen-bond acceptors (Lipinski definition) is 1. The third-order valence-electron chi connectivity index (χ3n) is 2.67. The van der Waals surface area contributed by atoms with Crippen molar-refractivity contribution in [3.8, 4) is 0 Å². The molecule has 1 N–H and O–H groups in total. The van der Waals surface area contributed by atoms with Crippen LogP contribution >= 0.6 is 39.1 Å². The van der Waals surface area contributed by atoms with Crippen molar-refractivity contribution in [1.82, 2.24) is 0 Å². The van der Waals surface area contributed by atoms with Crippen LogP contribution in [-0.2, 0) is 0 Å². The quantitative estimate of drug-likeness (QED) is 0.727. The maximum absolute atomic E-state index is 5.92. The van der Waals surface area contributed by atoms with Gasteiger partial charge < -0.3 is 5.32 Å². The van der Waals surface area contributed by atoms with Gasteiger partial charge in [0.2, 0.25) is 0 Å². The molecule has 2 aromatic rings. The normalized spacial score (nSPS) is 12.2. The maximum atomic E-state index is 5.92. The molecule has 1 nitrogen and oxygen atoms in total. The van der Waals surface area contributed by atoms with E-state index in [-0.39, 0.29) is 6.04 Å². The zero-order valence-corrected chi connectivity index (χ0v) is 12.9. The first kappa shape index (κ1) is 13.7. The van der Waals surface area contributed by atoms with E-state index >= 15 is 0 Å². The van der Waals surface area contributed by atoms with Crippen LogP contribution < -0.4 is 5.32 Å². The molecule has 94 valence electrons. The number of rotatable bonds is 3. The Hall–Kier alpha value is -0.700. The molecule has 0 aliphatic heterocycles. The Kier molecular flexibility index (Phi) is 4.55. The molecule has 2 aromatic carbocycles. The van der Waals surface area contributed by atoms with Crippen molar-refractivity contribution in [3.05, 3.63) is 62.5 Å². The summed E-state index contributed by atoms with van der Waals surface area (Å²) in [7, 11) is 0. The van der Waals surface area contributed by atoms with E-state index in [0.717, 1.165) is 15.2 Å². The molecule has 0 amide bonds. The molecule has 0 aliphatic rings. The minimum absolute atomic E-state index is 0.194. The molecule has 0 aliphatic carbocycles. The minimum Gasteiger partial charge on any atom is -0.378 e. The molecule has 0 fully saturated rings. The zero-order chi connectivity index (χ0) is 13.1. The lowest BCUT2D eigenvalue weighted by atomic mass is 10.1. The fourth-order valence-electron chi connectivity index (χ4n) is 1.67. The summed E-state index contributed by atoms with van der Waals surface area (Å²) >= 11 is 15.3. The second-order valence-electron chi connectivity index (χ2n) is 4.04. The minimum atomic E-state index is 0.194. The summed E-state index contributed by atoms with van der Waals surface area (Å²) in [4.78, 5) is 0. The van der Waals surface area contributed by atoms with Crippen LogP contribution in [0.15, 0.2) is 46.9 Å². The molecule has 4 heteroatoms. The molecular weight excluding hydrogens is 333 g/mol. The standard InChI is InChI=1S/C14H12BrCl2N/c1-9(10-2-4-11(16)5-3-10)18-14-7-6-12(17)8-13(14)15/h2-9,18H,1H3. The van der Waals surface area contributed by atoms with Crippen LogP contribution in [0.4, 0.5) is 5.69 Å². The summed E-state index contributed by atoms with van der Waals surface area (Å²) in [5.41, 5.74) is 2.20. The molecular formula is C14H12BrCl2N. The van der Waals surface area contributed by atoms with Crippen molar-refractivity contribution >= 4 is 44.8 Å². The van der Waals surface area contributed by atoms with Gasteiger partial charge in [-0.3, -0.25) is 0 Å². The zero-order valence-electron chi connectivity index (χ0n) is 9.75. The first-order valence-electron chi connectivity index (χ1n) is 5.53. The summed E-state index contributed by atoms with van der Waals surface area (Å²) in [5, 5.41) is 4.89. The van der Waals surface area contributed by atoms with E-state index in [2.05, 4.69) is 28.2 Å². The largest absolute Gasteiger partial charge is 0.378 e. The first-order valence-corrected chi connectivity index (χ1v) is 7.08. The van der Waals surface area contributed by atoms with Gasteiger partial charge in [-0.05, 0) is 58.7 Å². The van der Waals surface area contributed by atoms with E-state index in [4.69, 9.17) is 23.2 Å². The predicted octanol–water partition coefficient (Wildman–Crippen LogP) is 5.93. The van der Waals surface area contributed by atoms with Gasteiger partial charge >= 0.3 is 0 Å². The Bertz CT molecular complexity index is 540. The molecule has 0 saturated heterocycles. The lowest BCUT2D eigenvalue weighted by Gasteiger charge is -2.17. The Morgan fingerprint density at radius 1 is 1.00 bits per heavy atom. The molecule has 0 aromatic heterocycles. The molecule has 0 heterocycles. The lowest BCUT2D eigenvalue weighted by Crippen LogP contribution is -2.06. The van der Waals surface area contributed by atoms with Crippen LogP contribution in [0.1, 0.15) is 18.5 Å². The maximum Gasteiger partial charge on any atom is 0.0490 e. The number of halogens is 3. The summed E-state index contributed by atoms with van der Waals surface area (Å²) < 4.78 is 0.954. The predicted molar refractivity (Wildman–Crippen MR) is 82.6 cm³/mol. The van der Waals surface area contributed by atoms with Gasteiger partial charge in [0.25, 0.3) is 0 Å². The summed E-state index contributed by atoms with van der Waals surface area (Å²) in [6.45, 7) is 2.10. The van der Waals surface area contributed by atoms with Gasteiger partial charge in [0.05, 0.1) is 0 Å². The Morgan fingerprint density at radius 2 is 1.61 bits per heavy atom. The SMILES string of the molecule is CC(Nc1ccc(Cl)cc1Br)c1ccc(Cl)cc1. The molecule has 1 unspecified atom stereocenters. The Labute approximate surface area is 125 Å². The fourth-order valence-corrected chi connectivity index (χ4v) is 2.60. The summed E-state index contributed by atoms with van der Waals surface area (Å²) in [6, 6.07) is 13.7. The number of hydrogen-bond donors (Lipinski definition) is 1. The molecule has 0 saturated carbocycles. The summed E-state index contributed by atoms with van der Waals surface area (Å²) in [6.07, 6.45) is 0. The highest BCUT2D eigenvalue weighted by molar-refractivity contribution is 9.10. The van der Waals surface area contributed by atoms with Crippen molar-refractivity contribution in [2.75, 3.05) is 5.32 Å². The lowest BCUT2D eigenvalue weighted by molar-refractivity contribution is 0.884. The molecule has 0 radical (unpaired) electrons. The van der Waals surface area contributed by atoms with Crippen LogP contribution in [-0.4, -0.2) is 0 Å². The van der Waals surface area contributed by atoms with E-state index in [9.17, 15) is 0 Å². The van der Waals surface area contributed by atoms with Crippen molar-refractivity contribution in [1.29, 1.82) is 0 Å². The number of nitrogens with one attached hydrogen (secondary N) is 1. The molecule has 0 spiro atoms.